The van der Waals surface area contributed by atoms with Gasteiger partial charge in [0.15, 0.2) is 0 Å². The molecule has 0 radical (unpaired) electrons. The minimum Gasteiger partial charge on any atom is -0.393 e. The maximum Gasteiger partial charge on any atom is 0.134 e. The molecule has 0 unspecified atom stereocenters. The lowest BCUT2D eigenvalue weighted by Crippen LogP contribution is -2.04. The van der Waals surface area contributed by atoms with E-state index in [0.717, 1.165) is 11.1 Å². The number of ketones is 1. The van der Waals surface area contributed by atoms with Crippen LogP contribution in [-0.2, 0) is 17.6 Å². The molecule has 0 saturated carbocycles. The lowest BCUT2D eigenvalue weighted by atomic mass is 10.0. The summed E-state index contributed by atoms with van der Waals surface area (Å²) in [5.74, 6) is 0.174. The Morgan fingerprint density at radius 2 is 1.79 bits per heavy atom. The van der Waals surface area contributed by atoms with Gasteiger partial charge in [-0.25, -0.2) is 0 Å². The Labute approximate surface area is 84.6 Å². The Morgan fingerprint density at radius 3 is 2.21 bits per heavy atom. The molecule has 0 spiro atoms. The number of carbonyl (C=O) groups is 1. The molecule has 1 atom stereocenters. The predicted octanol–water partition coefficient (Wildman–Crippen LogP) is 1.74. The van der Waals surface area contributed by atoms with Gasteiger partial charge >= 0.3 is 0 Å². The molecule has 14 heavy (non-hydrogen) atoms. The summed E-state index contributed by atoms with van der Waals surface area (Å²) in [5.41, 5.74) is 2.14. The summed E-state index contributed by atoms with van der Waals surface area (Å²) < 4.78 is 0. The number of rotatable bonds is 4. The van der Waals surface area contributed by atoms with Gasteiger partial charge in [0.2, 0.25) is 0 Å². The molecule has 0 heterocycles. The third-order valence-electron chi connectivity index (χ3n) is 2.01. The zero-order chi connectivity index (χ0) is 10.6. The molecule has 0 aliphatic heterocycles. The van der Waals surface area contributed by atoms with Crippen LogP contribution in [0.5, 0.6) is 0 Å². The fourth-order valence-corrected chi connectivity index (χ4v) is 1.42. The number of carbonyl (C=O) groups excluding carboxylic acids is 1. The van der Waals surface area contributed by atoms with Crippen molar-refractivity contribution in [2.75, 3.05) is 0 Å². The van der Waals surface area contributed by atoms with Gasteiger partial charge in [0.1, 0.15) is 5.78 Å². The number of hydrogen-bond acceptors (Lipinski definition) is 2. The Morgan fingerprint density at radius 1 is 1.29 bits per heavy atom. The highest BCUT2D eigenvalue weighted by Crippen LogP contribution is 2.07. The smallest absolute Gasteiger partial charge is 0.134 e. The number of benzene rings is 1. The van der Waals surface area contributed by atoms with Gasteiger partial charge < -0.3 is 5.11 Å². The van der Waals surface area contributed by atoms with E-state index in [1.165, 1.54) is 0 Å². The molecule has 1 aromatic carbocycles. The molecule has 2 nitrogen and oxygen atoms in total. The Hall–Kier alpha value is -1.15. The van der Waals surface area contributed by atoms with Crippen LogP contribution in [0.4, 0.5) is 0 Å². The molecule has 76 valence electrons. The first-order valence-electron chi connectivity index (χ1n) is 4.83. The van der Waals surface area contributed by atoms with Crippen molar-refractivity contribution in [1.29, 1.82) is 0 Å². The van der Waals surface area contributed by atoms with Crippen LogP contribution in [0, 0.1) is 0 Å². The van der Waals surface area contributed by atoms with E-state index in [4.69, 9.17) is 5.11 Å². The topological polar surface area (TPSA) is 37.3 Å². The summed E-state index contributed by atoms with van der Waals surface area (Å²) in [6.45, 7) is 3.35. The molecule has 0 bridgehead atoms. The molecule has 0 aliphatic carbocycles. The van der Waals surface area contributed by atoms with Crippen molar-refractivity contribution in [2.45, 2.75) is 32.8 Å². The molecule has 1 aromatic rings. The average molecular weight is 192 g/mol. The van der Waals surface area contributed by atoms with Crippen molar-refractivity contribution in [3.8, 4) is 0 Å². The molecule has 1 rings (SSSR count). The quantitative estimate of drug-likeness (QED) is 0.789. The number of hydrogen-bond donors (Lipinski definition) is 1. The maximum atomic E-state index is 10.8. The second-order valence-electron chi connectivity index (χ2n) is 3.75. The SMILES string of the molecule is CC(=O)Cc1ccc(C[C@@H](C)O)cc1. The van der Waals surface area contributed by atoms with Crippen LogP contribution < -0.4 is 0 Å². The maximum absolute atomic E-state index is 10.8. The van der Waals surface area contributed by atoms with Crippen LogP contribution in [0.1, 0.15) is 25.0 Å². The zero-order valence-electron chi connectivity index (χ0n) is 8.66. The normalized spacial score (nSPS) is 12.5. The van der Waals surface area contributed by atoms with Crippen molar-refractivity contribution < 1.29 is 9.90 Å². The monoisotopic (exact) mass is 192 g/mol. The first kappa shape index (κ1) is 10.9. The second kappa shape index (κ2) is 4.91. The van der Waals surface area contributed by atoms with E-state index < -0.39 is 0 Å². The second-order valence-corrected chi connectivity index (χ2v) is 3.75. The zero-order valence-corrected chi connectivity index (χ0v) is 8.66. The Kier molecular flexibility index (Phi) is 3.84. The summed E-state index contributed by atoms with van der Waals surface area (Å²) in [7, 11) is 0. The summed E-state index contributed by atoms with van der Waals surface area (Å²) in [4.78, 5) is 10.8. The van der Waals surface area contributed by atoms with E-state index in [2.05, 4.69) is 0 Å². The third-order valence-corrected chi connectivity index (χ3v) is 2.01. The number of aliphatic hydroxyl groups excluding tert-OH is 1. The molecular weight excluding hydrogens is 176 g/mol. The van der Waals surface area contributed by atoms with Crippen molar-refractivity contribution in [3.05, 3.63) is 35.4 Å². The molecule has 0 saturated heterocycles. The van der Waals surface area contributed by atoms with Gasteiger partial charge in [-0.05, 0) is 31.4 Å². The van der Waals surface area contributed by atoms with Crippen LogP contribution in [0.3, 0.4) is 0 Å². The van der Waals surface area contributed by atoms with Crippen LogP contribution in [-0.4, -0.2) is 17.0 Å². The summed E-state index contributed by atoms with van der Waals surface area (Å²) >= 11 is 0. The van der Waals surface area contributed by atoms with Crippen molar-refractivity contribution >= 4 is 5.78 Å². The molecule has 0 fully saturated rings. The van der Waals surface area contributed by atoms with Crippen molar-refractivity contribution in [1.82, 2.24) is 0 Å². The third kappa shape index (κ3) is 3.71. The molecule has 1 N–H and O–H groups in total. The summed E-state index contributed by atoms with van der Waals surface area (Å²) in [5, 5.41) is 9.17. The molecule has 0 amide bonds. The highest BCUT2D eigenvalue weighted by atomic mass is 16.3. The van der Waals surface area contributed by atoms with Crippen LogP contribution in [0.25, 0.3) is 0 Å². The average Bonchev–Trinajstić information content (AvgIpc) is 2.06. The number of Topliss-reactive ketones (excluding diaryl/α,β-unsaturated/α-hetero) is 1. The molecular formula is C12H16O2. The predicted molar refractivity (Wildman–Crippen MR) is 56.2 cm³/mol. The van der Waals surface area contributed by atoms with Crippen LogP contribution >= 0.6 is 0 Å². The van der Waals surface area contributed by atoms with E-state index in [0.29, 0.717) is 12.8 Å². The van der Waals surface area contributed by atoms with Gasteiger partial charge in [-0.3, -0.25) is 4.79 Å². The fourth-order valence-electron chi connectivity index (χ4n) is 1.42. The minimum absolute atomic E-state index is 0.174. The van der Waals surface area contributed by atoms with E-state index in [1.807, 2.05) is 24.3 Å². The highest BCUT2D eigenvalue weighted by molar-refractivity contribution is 5.78. The van der Waals surface area contributed by atoms with Crippen molar-refractivity contribution in [2.24, 2.45) is 0 Å². The lowest BCUT2D eigenvalue weighted by Gasteiger charge is -2.05. The Balaban J connectivity index is 2.63. The number of aliphatic hydroxyl groups is 1. The highest BCUT2D eigenvalue weighted by Gasteiger charge is 2.00. The van der Waals surface area contributed by atoms with Gasteiger partial charge in [-0.2, -0.15) is 0 Å². The van der Waals surface area contributed by atoms with E-state index in [1.54, 1.807) is 13.8 Å². The van der Waals surface area contributed by atoms with Gasteiger partial charge in [0.25, 0.3) is 0 Å². The largest absolute Gasteiger partial charge is 0.393 e. The van der Waals surface area contributed by atoms with E-state index in [9.17, 15) is 4.79 Å². The van der Waals surface area contributed by atoms with Gasteiger partial charge in [-0.1, -0.05) is 24.3 Å². The summed E-state index contributed by atoms with van der Waals surface area (Å²) in [6.07, 6.45) is 0.851. The Bertz CT molecular complexity index is 299. The summed E-state index contributed by atoms with van der Waals surface area (Å²) in [6, 6.07) is 7.81. The van der Waals surface area contributed by atoms with Crippen molar-refractivity contribution in [3.63, 3.8) is 0 Å². The van der Waals surface area contributed by atoms with Gasteiger partial charge in [-0.15, -0.1) is 0 Å². The molecule has 0 aromatic heterocycles. The first-order valence-corrected chi connectivity index (χ1v) is 4.83. The standard InChI is InChI=1S/C12H16O2/c1-9(13)7-11-3-5-12(6-4-11)8-10(2)14/h3-6,9,13H,7-8H2,1-2H3/t9-/m1/s1. The fraction of sp³-hybridized carbons (Fsp3) is 0.417. The van der Waals surface area contributed by atoms with E-state index >= 15 is 0 Å². The first-order chi connectivity index (χ1) is 6.58. The lowest BCUT2D eigenvalue weighted by molar-refractivity contribution is -0.116. The van der Waals surface area contributed by atoms with Crippen LogP contribution in [0.15, 0.2) is 24.3 Å². The minimum atomic E-state index is -0.311. The molecule has 0 aliphatic rings. The molecule has 2 heteroatoms. The van der Waals surface area contributed by atoms with E-state index in [-0.39, 0.29) is 11.9 Å². The van der Waals surface area contributed by atoms with Crippen LogP contribution in [0.2, 0.25) is 0 Å². The van der Waals surface area contributed by atoms with Gasteiger partial charge in [0.05, 0.1) is 6.10 Å². The van der Waals surface area contributed by atoms with Gasteiger partial charge in [0, 0.05) is 6.42 Å².